The third-order valence-corrected chi connectivity index (χ3v) is 6.94. The van der Waals surface area contributed by atoms with E-state index in [1.54, 1.807) is 0 Å². The van der Waals surface area contributed by atoms with Crippen LogP contribution in [0.3, 0.4) is 0 Å². The summed E-state index contributed by atoms with van der Waals surface area (Å²) < 4.78 is 17.4. The summed E-state index contributed by atoms with van der Waals surface area (Å²) >= 11 is 0. The molecule has 0 bridgehead atoms. The molecule has 0 aliphatic heterocycles. The Bertz CT molecular complexity index is 1770. The van der Waals surface area contributed by atoms with Gasteiger partial charge in [0.15, 0.2) is 0 Å². The summed E-state index contributed by atoms with van der Waals surface area (Å²) in [5, 5.41) is 0. The smallest absolute Gasteiger partial charge is 0.127 e. The molecule has 0 N–H and O–H groups in total. The fourth-order valence-electron chi connectivity index (χ4n) is 4.65. The SMILES string of the molecule is c1ccc(Oc2ccc(-c3ccc(Oc4ccccc4)cc3)cc2)cc1.c1ccc(Oc2ccc(-c3ccccc3)cc2)cc1. The Morgan fingerprint density at radius 3 is 0.644 bits per heavy atom. The molecule has 0 atom stereocenters. The third-order valence-electron chi connectivity index (χ3n) is 6.94. The van der Waals surface area contributed by atoms with Gasteiger partial charge < -0.3 is 14.2 Å². The first-order valence-corrected chi connectivity index (χ1v) is 14.8. The average Bonchev–Trinajstić information content (AvgIpc) is 3.11. The lowest BCUT2D eigenvalue weighted by atomic mass is 10.1. The van der Waals surface area contributed by atoms with E-state index in [0.29, 0.717) is 0 Å². The molecule has 0 aromatic heterocycles. The van der Waals surface area contributed by atoms with E-state index in [0.717, 1.165) is 45.6 Å². The summed E-state index contributed by atoms with van der Waals surface area (Å²) in [5.74, 6) is 5.03. The Labute approximate surface area is 264 Å². The predicted molar refractivity (Wildman–Crippen MR) is 183 cm³/mol. The molecular weight excluding hydrogens is 552 g/mol. The largest absolute Gasteiger partial charge is 0.457 e. The first kappa shape index (κ1) is 29.0. The van der Waals surface area contributed by atoms with E-state index in [1.165, 1.54) is 11.1 Å². The Morgan fingerprint density at radius 1 is 0.178 bits per heavy atom. The maximum absolute atomic E-state index is 5.83. The van der Waals surface area contributed by atoms with Crippen LogP contribution in [0.25, 0.3) is 22.3 Å². The second kappa shape index (κ2) is 14.9. The highest BCUT2D eigenvalue weighted by atomic mass is 16.5. The average molecular weight is 585 g/mol. The minimum atomic E-state index is 0.823. The molecule has 0 fully saturated rings. The van der Waals surface area contributed by atoms with Gasteiger partial charge in [-0.05, 0) is 95.1 Å². The normalized spacial score (nSPS) is 10.2. The number of hydrogen-bond acceptors (Lipinski definition) is 3. The summed E-state index contributed by atoms with van der Waals surface area (Å²) in [5.41, 5.74) is 4.68. The van der Waals surface area contributed by atoms with Crippen LogP contribution in [-0.4, -0.2) is 0 Å². The molecule has 7 aromatic rings. The molecule has 45 heavy (non-hydrogen) atoms. The minimum Gasteiger partial charge on any atom is -0.457 e. The van der Waals surface area contributed by atoms with Crippen LogP contribution in [0.2, 0.25) is 0 Å². The number of rotatable bonds is 8. The number of hydrogen-bond donors (Lipinski definition) is 0. The second-order valence-corrected chi connectivity index (χ2v) is 10.2. The molecule has 0 heterocycles. The van der Waals surface area contributed by atoms with Crippen molar-refractivity contribution in [1.82, 2.24) is 0 Å². The summed E-state index contributed by atoms with van der Waals surface area (Å²) in [6.45, 7) is 0. The molecule has 218 valence electrons. The monoisotopic (exact) mass is 584 g/mol. The van der Waals surface area contributed by atoms with Gasteiger partial charge in [0.25, 0.3) is 0 Å². The Morgan fingerprint density at radius 2 is 0.378 bits per heavy atom. The van der Waals surface area contributed by atoms with E-state index in [-0.39, 0.29) is 0 Å². The van der Waals surface area contributed by atoms with Gasteiger partial charge in [-0.25, -0.2) is 0 Å². The maximum Gasteiger partial charge on any atom is 0.127 e. The molecule has 0 amide bonds. The van der Waals surface area contributed by atoms with Crippen LogP contribution in [0.5, 0.6) is 34.5 Å². The van der Waals surface area contributed by atoms with Crippen molar-refractivity contribution in [3.05, 3.63) is 194 Å². The molecule has 0 unspecified atom stereocenters. The highest BCUT2D eigenvalue weighted by molar-refractivity contribution is 5.65. The van der Waals surface area contributed by atoms with Gasteiger partial charge in [-0.1, -0.05) is 121 Å². The van der Waals surface area contributed by atoms with E-state index in [2.05, 4.69) is 48.5 Å². The predicted octanol–water partition coefficient (Wildman–Crippen LogP) is 12.1. The van der Waals surface area contributed by atoms with Crippen LogP contribution >= 0.6 is 0 Å². The number of ether oxygens (including phenoxy) is 3. The fraction of sp³-hybridized carbons (Fsp3) is 0. The van der Waals surface area contributed by atoms with Crippen LogP contribution in [0.4, 0.5) is 0 Å². The van der Waals surface area contributed by atoms with E-state index in [4.69, 9.17) is 14.2 Å². The summed E-state index contributed by atoms with van der Waals surface area (Å²) in [4.78, 5) is 0. The lowest BCUT2D eigenvalue weighted by molar-refractivity contribution is 0.482. The van der Waals surface area contributed by atoms with Crippen LogP contribution in [0.15, 0.2) is 194 Å². The molecule has 7 rings (SSSR count). The van der Waals surface area contributed by atoms with E-state index < -0.39 is 0 Å². The van der Waals surface area contributed by atoms with Crippen molar-refractivity contribution in [1.29, 1.82) is 0 Å². The van der Waals surface area contributed by atoms with Crippen LogP contribution < -0.4 is 14.2 Å². The maximum atomic E-state index is 5.83. The lowest BCUT2D eigenvalue weighted by Crippen LogP contribution is -1.85. The van der Waals surface area contributed by atoms with Gasteiger partial charge in [0.1, 0.15) is 34.5 Å². The Kier molecular flexibility index (Phi) is 9.61. The van der Waals surface area contributed by atoms with Crippen LogP contribution in [-0.2, 0) is 0 Å². The highest BCUT2D eigenvalue weighted by Crippen LogP contribution is 2.29. The van der Waals surface area contributed by atoms with Crippen molar-refractivity contribution in [2.75, 3.05) is 0 Å². The van der Waals surface area contributed by atoms with Gasteiger partial charge in [0.05, 0.1) is 0 Å². The van der Waals surface area contributed by atoms with Crippen molar-refractivity contribution < 1.29 is 14.2 Å². The Balaban J connectivity index is 0.000000167. The molecule has 0 saturated heterocycles. The van der Waals surface area contributed by atoms with E-state index in [1.807, 2.05) is 146 Å². The molecule has 0 aliphatic rings. The summed E-state index contributed by atoms with van der Waals surface area (Å²) in [6, 6.07) is 64.0. The van der Waals surface area contributed by atoms with Gasteiger partial charge in [0, 0.05) is 0 Å². The molecular formula is C42H32O3. The van der Waals surface area contributed by atoms with Crippen molar-refractivity contribution in [3.63, 3.8) is 0 Å². The van der Waals surface area contributed by atoms with Crippen LogP contribution in [0.1, 0.15) is 0 Å². The first-order valence-electron chi connectivity index (χ1n) is 14.8. The summed E-state index contributed by atoms with van der Waals surface area (Å²) in [7, 11) is 0. The van der Waals surface area contributed by atoms with Crippen molar-refractivity contribution in [2.45, 2.75) is 0 Å². The molecule has 3 heteroatoms. The lowest BCUT2D eigenvalue weighted by Gasteiger charge is -2.08. The zero-order chi connectivity index (χ0) is 30.5. The second-order valence-electron chi connectivity index (χ2n) is 10.2. The minimum absolute atomic E-state index is 0.823. The third kappa shape index (κ3) is 8.50. The van der Waals surface area contributed by atoms with Crippen molar-refractivity contribution >= 4 is 0 Å². The van der Waals surface area contributed by atoms with E-state index in [9.17, 15) is 0 Å². The summed E-state index contributed by atoms with van der Waals surface area (Å²) in [6.07, 6.45) is 0. The van der Waals surface area contributed by atoms with Gasteiger partial charge in [-0.2, -0.15) is 0 Å². The van der Waals surface area contributed by atoms with Crippen molar-refractivity contribution in [3.8, 4) is 56.8 Å². The Hall–Kier alpha value is -6.06. The quantitative estimate of drug-likeness (QED) is 0.178. The molecule has 7 aromatic carbocycles. The molecule has 0 radical (unpaired) electrons. The first-order chi connectivity index (χ1) is 22.3. The zero-order valence-corrected chi connectivity index (χ0v) is 24.7. The molecule has 3 nitrogen and oxygen atoms in total. The van der Waals surface area contributed by atoms with Crippen LogP contribution in [0, 0.1) is 0 Å². The van der Waals surface area contributed by atoms with Gasteiger partial charge >= 0.3 is 0 Å². The zero-order valence-electron chi connectivity index (χ0n) is 24.7. The molecule has 0 aliphatic carbocycles. The topological polar surface area (TPSA) is 27.7 Å². The van der Waals surface area contributed by atoms with Gasteiger partial charge in [-0.3, -0.25) is 0 Å². The number of para-hydroxylation sites is 3. The van der Waals surface area contributed by atoms with E-state index >= 15 is 0 Å². The van der Waals surface area contributed by atoms with Gasteiger partial charge in [0.2, 0.25) is 0 Å². The van der Waals surface area contributed by atoms with Gasteiger partial charge in [-0.15, -0.1) is 0 Å². The highest BCUT2D eigenvalue weighted by Gasteiger charge is 2.03. The molecule has 0 spiro atoms. The standard InChI is InChI=1S/C24H18O2.C18H14O/c1-3-7-21(8-4-1)25-23-15-11-19(12-16-23)20-13-17-24(18-14-20)26-22-9-5-2-6-10-22;1-3-7-15(8-4-1)16-11-13-18(14-12-16)19-17-9-5-2-6-10-17/h1-18H;1-14H. The fourth-order valence-corrected chi connectivity index (χ4v) is 4.65. The van der Waals surface area contributed by atoms with Crippen molar-refractivity contribution in [2.24, 2.45) is 0 Å². The molecule has 0 saturated carbocycles. The number of benzene rings is 7.